The SMILES string of the molecule is CS(=O)(=O)c1ccc(C[C@H]2CC(=O)N(c3ccccc3)C2)cc1. The van der Waals surface area contributed by atoms with E-state index in [1.807, 2.05) is 47.4 Å². The highest BCUT2D eigenvalue weighted by Gasteiger charge is 2.30. The van der Waals surface area contributed by atoms with Crippen LogP contribution in [0.1, 0.15) is 12.0 Å². The van der Waals surface area contributed by atoms with Crippen LogP contribution in [0.25, 0.3) is 0 Å². The maximum Gasteiger partial charge on any atom is 0.227 e. The first-order valence-electron chi connectivity index (χ1n) is 7.58. The summed E-state index contributed by atoms with van der Waals surface area (Å²) in [5.41, 5.74) is 2.00. The fourth-order valence-corrected chi connectivity index (χ4v) is 3.61. The standard InChI is InChI=1S/C18H19NO3S/c1-23(21,22)17-9-7-14(8-10-17)11-15-12-18(20)19(13-15)16-5-3-2-4-6-16/h2-10,15H,11-13H2,1H3/t15-/m0/s1. The van der Waals surface area contributed by atoms with Crippen molar-refractivity contribution in [3.8, 4) is 0 Å². The number of hydrogen-bond acceptors (Lipinski definition) is 3. The molecule has 0 radical (unpaired) electrons. The summed E-state index contributed by atoms with van der Waals surface area (Å²) in [5.74, 6) is 0.403. The molecule has 1 saturated heterocycles. The fourth-order valence-electron chi connectivity index (χ4n) is 2.98. The van der Waals surface area contributed by atoms with Crippen LogP contribution >= 0.6 is 0 Å². The van der Waals surface area contributed by atoms with Crippen molar-refractivity contribution in [3.63, 3.8) is 0 Å². The van der Waals surface area contributed by atoms with Crippen molar-refractivity contribution in [2.45, 2.75) is 17.7 Å². The van der Waals surface area contributed by atoms with Gasteiger partial charge in [0.2, 0.25) is 5.91 Å². The molecule has 1 heterocycles. The highest BCUT2D eigenvalue weighted by molar-refractivity contribution is 7.90. The minimum Gasteiger partial charge on any atom is -0.312 e. The Bertz CT molecular complexity index is 798. The van der Waals surface area contributed by atoms with E-state index in [1.165, 1.54) is 6.26 Å². The third kappa shape index (κ3) is 3.62. The summed E-state index contributed by atoms with van der Waals surface area (Å²) in [7, 11) is -3.16. The number of anilines is 1. The van der Waals surface area contributed by atoms with Crippen LogP contribution in [0.2, 0.25) is 0 Å². The fraction of sp³-hybridized carbons (Fsp3) is 0.278. The van der Waals surface area contributed by atoms with E-state index in [2.05, 4.69) is 0 Å². The summed E-state index contributed by atoms with van der Waals surface area (Å²) in [5, 5.41) is 0. The molecule has 2 aromatic carbocycles. The van der Waals surface area contributed by atoms with E-state index in [0.29, 0.717) is 17.9 Å². The van der Waals surface area contributed by atoms with Crippen molar-refractivity contribution in [3.05, 3.63) is 60.2 Å². The van der Waals surface area contributed by atoms with Crippen LogP contribution in [0, 0.1) is 5.92 Å². The van der Waals surface area contributed by atoms with Gasteiger partial charge in [-0.3, -0.25) is 4.79 Å². The Morgan fingerprint density at radius 3 is 2.30 bits per heavy atom. The molecule has 5 heteroatoms. The summed E-state index contributed by atoms with van der Waals surface area (Å²) >= 11 is 0. The van der Waals surface area contributed by atoms with Gasteiger partial charge in [0.15, 0.2) is 9.84 Å². The Labute approximate surface area is 136 Å². The summed E-state index contributed by atoms with van der Waals surface area (Å²) in [4.78, 5) is 14.4. The molecule has 1 amide bonds. The Morgan fingerprint density at radius 2 is 1.70 bits per heavy atom. The number of nitrogens with zero attached hydrogens (tertiary/aromatic N) is 1. The zero-order chi connectivity index (χ0) is 16.4. The minimum absolute atomic E-state index is 0.147. The van der Waals surface area contributed by atoms with Crippen LogP contribution in [0.15, 0.2) is 59.5 Å². The molecule has 2 aromatic rings. The topological polar surface area (TPSA) is 54.5 Å². The molecule has 0 N–H and O–H groups in total. The summed E-state index contributed by atoms with van der Waals surface area (Å²) in [6, 6.07) is 16.6. The smallest absolute Gasteiger partial charge is 0.227 e. The maximum atomic E-state index is 12.2. The van der Waals surface area contributed by atoms with Crippen molar-refractivity contribution in [1.29, 1.82) is 0 Å². The highest BCUT2D eigenvalue weighted by atomic mass is 32.2. The zero-order valence-corrected chi connectivity index (χ0v) is 13.8. The summed E-state index contributed by atoms with van der Waals surface area (Å²) in [6.45, 7) is 0.705. The van der Waals surface area contributed by atoms with E-state index in [4.69, 9.17) is 0 Å². The number of benzene rings is 2. The van der Waals surface area contributed by atoms with Gasteiger partial charge < -0.3 is 4.90 Å². The monoisotopic (exact) mass is 329 g/mol. The van der Waals surface area contributed by atoms with Crippen molar-refractivity contribution in [2.75, 3.05) is 17.7 Å². The highest BCUT2D eigenvalue weighted by Crippen LogP contribution is 2.27. The Kier molecular flexibility index (Phi) is 4.22. The van der Waals surface area contributed by atoms with E-state index in [1.54, 1.807) is 12.1 Å². The number of sulfone groups is 1. The Hall–Kier alpha value is -2.14. The normalized spacial score (nSPS) is 18.4. The lowest BCUT2D eigenvalue weighted by Crippen LogP contribution is -2.24. The summed E-state index contributed by atoms with van der Waals surface area (Å²) in [6.07, 6.45) is 2.51. The molecular formula is C18H19NO3S. The molecule has 0 bridgehead atoms. The average molecular weight is 329 g/mol. The third-order valence-electron chi connectivity index (χ3n) is 4.15. The number of carbonyl (C=O) groups excluding carboxylic acids is 1. The van der Waals surface area contributed by atoms with E-state index < -0.39 is 9.84 Å². The van der Waals surface area contributed by atoms with Gasteiger partial charge in [-0.25, -0.2) is 8.42 Å². The number of carbonyl (C=O) groups is 1. The van der Waals surface area contributed by atoms with Crippen LogP contribution < -0.4 is 4.90 Å². The molecule has 1 fully saturated rings. The van der Waals surface area contributed by atoms with Crippen molar-refractivity contribution in [1.82, 2.24) is 0 Å². The predicted molar refractivity (Wildman–Crippen MR) is 90.2 cm³/mol. The second kappa shape index (κ2) is 6.16. The Balaban J connectivity index is 1.69. The van der Waals surface area contributed by atoms with Gasteiger partial charge in [0.25, 0.3) is 0 Å². The van der Waals surface area contributed by atoms with Crippen molar-refractivity contribution in [2.24, 2.45) is 5.92 Å². The van der Waals surface area contributed by atoms with Crippen LogP contribution in [-0.4, -0.2) is 27.1 Å². The molecule has 23 heavy (non-hydrogen) atoms. The molecule has 4 nitrogen and oxygen atoms in total. The molecule has 0 aromatic heterocycles. The molecule has 1 aliphatic rings. The molecule has 0 unspecified atom stereocenters. The van der Waals surface area contributed by atoms with Gasteiger partial charge in [-0.05, 0) is 42.2 Å². The van der Waals surface area contributed by atoms with Gasteiger partial charge in [-0.2, -0.15) is 0 Å². The van der Waals surface area contributed by atoms with Crippen LogP contribution in [0.5, 0.6) is 0 Å². The number of hydrogen-bond donors (Lipinski definition) is 0. The van der Waals surface area contributed by atoms with E-state index in [9.17, 15) is 13.2 Å². The van der Waals surface area contributed by atoms with Crippen molar-refractivity contribution < 1.29 is 13.2 Å². The van der Waals surface area contributed by atoms with Gasteiger partial charge in [0.1, 0.15) is 0 Å². The molecule has 1 atom stereocenters. The second-order valence-corrected chi connectivity index (χ2v) is 8.05. The van der Waals surface area contributed by atoms with E-state index in [0.717, 1.165) is 17.7 Å². The average Bonchev–Trinajstić information content (AvgIpc) is 2.88. The quantitative estimate of drug-likeness (QED) is 0.866. The lowest BCUT2D eigenvalue weighted by Gasteiger charge is -2.16. The van der Waals surface area contributed by atoms with Gasteiger partial charge in [0, 0.05) is 24.9 Å². The minimum atomic E-state index is -3.16. The second-order valence-electron chi connectivity index (χ2n) is 6.03. The molecule has 0 spiro atoms. The van der Waals surface area contributed by atoms with Gasteiger partial charge in [-0.1, -0.05) is 30.3 Å². The number of rotatable bonds is 4. The molecule has 3 rings (SSSR count). The molecule has 0 aliphatic carbocycles. The number of amides is 1. The zero-order valence-electron chi connectivity index (χ0n) is 13.0. The molecule has 0 saturated carbocycles. The predicted octanol–water partition coefficient (Wildman–Crippen LogP) is 2.69. The van der Waals surface area contributed by atoms with Crippen LogP contribution in [0.3, 0.4) is 0 Å². The first kappa shape index (κ1) is 15.7. The molecular weight excluding hydrogens is 310 g/mol. The lowest BCUT2D eigenvalue weighted by atomic mass is 9.99. The number of para-hydroxylation sites is 1. The van der Waals surface area contributed by atoms with Gasteiger partial charge in [0.05, 0.1) is 4.90 Å². The van der Waals surface area contributed by atoms with E-state index >= 15 is 0 Å². The van der Waals surface area contributed by atoms with Crippen LogP contribution in [0.4, 0.5) is 5.69 Å². The maximum absolute atomic E-state index is 12.2. The largest absolute Gasteiger partial charge is 0.312 e. The van der Waals surface area contributed by atoms with Crippen molar-refractivity contribution >= 4 is 21.4 Å². The van der Waals surface area contributed by atoms with Crippen LogP contribution in [-0.2, 0) is 21.1 Å². The summed E-state index contributed by atoms with van der Waals surface area (Å²) < 4.78 is 23.0. The lowest BCUT2D eigenvalue weighted by molar-refractivity contribution is -0.117. The molecule has 1 aliphatic heterocycles. The Morgan fingerprint density at radius 1 is 1.04 bits per heavy atom. The van der Waals surface area contributed by atoms with E-state index in [-0.39, 0.29) is 11.8 Å². The van der Waals surface area contributed by atoms with Gasteiger partial charge in [-0.15, -0.1) is 0 Å². The third-order valence-corrected chi connectivity index (χ3v) is 5.28. The first-order chi connectivity index (χ1) is 10.9. The van der Waals surface area contributed by atoms with Gasteiger partial charge >= 0.3 is 0 Å². The first-order valence-corrected chi connectivity index (χ1v) is 9.47. The molecule has 120 valence electrons.